The fourth-order valence-corrected chi connectivity index (χ4v) is 0.945. The molecule has 0 unspecified atom stereocenters. The summed E-state index contributed by atoms with van der Waals surface area (Å²) in [6.07, 6.45) is 0.869. The third kappa shape index (κ3) is 2.81. The maximum absolute atomic E-state index is 10.5. The molecule has 0 amide bonds. The van der Waals surface area contributed by atoms with Gasteiger partial charge in [-0.3, -0.25) is 4.98 Å². The van der Waals surface area contributed by atoms with Crippen molar-refractivity contribution in [3.63, 3.8) is 0 Å². The Hall–Kier alpha value is -1.42. The second-order valence-corrected chi connectivity index (χ2v) is 3.06. The summed E-state index contributed by atoms with van der Waals surface area (Å²) in [6, 6.07) is 3.75. The first kappa shape index (κ1) is 10.7. The normalized spacial score (nSPS) is 12.4. The standard InChI is InChI=1S/C10H13NO3/c1-7-4-3-5-11-9(7)6-14-8(2)10(12)13/h3-5,8H,6H2,1-2H3,(H,12,13)/t8-/m1/s1. The average Bonchev–Trinajstić information content (AvgIpc) is 2.16. The highest BCUT2D eigenvalue weighted by Gasteiger charge is 2.11. The van der Waals surface area contributed by atoms with E-state index in [0.717, 1.165) is 11.3 Å². The minimum atomic E-state index is -0.960. The van der Waals surface area contributed by atoms with Gasteiger partial charge in [0, 0.05) is 6.20 Å². The average molecular weight is 195 g/mol. The van der Waals surface area contributed by atoms with Crippen LogP contribution in [0.15, 0.2) is 18.3 Å². The van der Waals surface area contributed by atoms with E-state index in [1.807, 2.05) is 19.1 Å². The summed E-state index contributed by atoms with van der Waals surface area (Å²) >= 11 is 0. The molecule has 0 aliphatic heterocycles. The lowest BCUT2D eigenvalue weighted by Gasteiger charge is -2.08. The van der Waals surface area contributed by atoms with Crippen LogP contribution in [0.5, 0.6) is 0 Å². The number of carboxylic acids is 1. The third-order valence-electron chi connectivity index (χ3n) is 1.94. The van der Waals surface area contributed by atoms with Crippen molar-refractivity contribution in [2.45, 2.75) is 26.6 Å². The lowest BCUT2D eigenvalue weighted by Crippen LogP contribution is -2.20. The minimum Gasteiger partial charge on any atom is -0.479 e. The van der Waals surface area contributed by atoms with E-state index in [9.17, 15) is 4.79 Å². The van der Waals surface area contributed by atoms with Crippen LogP contribution in [0.1, 0.15) is 18.2 Å². The molecular formula is C10H13NO3. The third-order valence-corrected chi connectivity index (χ3v) is 1.94. The van der Waals surface area contributed by atoms with Crippen molar-refractivity contribution in [3.8, 4) is 0 Å². The number of aliphatic carboxylic acids is 1. The van der Waals surface area contributed by atoms with Gasteiger partial charge in [-0.25, -0.2) is 4.79 Å². The van der Waals surface area contributed by atoms with Gasteiger partial charge in [0.25, 0.3) is 0 Å². The van der Waals surface area contributed by atoms with Gasteiger partial charge in [-0.1, -0.05) is 6.07 Å². The zero-order chi connectivity index (χ0) is 10.6. The largest absolute Gasteiger partial charge is 0.479 e. The highest BCUT2D eigenvalue weighted by molar-refractivity contribution is 5.71. The Morgan fingerprint density at radius 1 is 1.71 bits per heavy atom. The molecule has 1 N–H and O–H groups in total. The second kappa shape index (κ2) is 4.72. The monoisotopic (exact) mass is 195 g/mol. The molecule has 14 heavy (non-hydrogen) atoms. The quantitative estimate of drug-likeness (QED) is 0.788. The first-order valence-corrected chi connectivity index (χ1v) is 4.36. The molecule has 4 heteroatoms. The molecule has 1 aromatic rings. The number of hydrogen-bond acceptors (Lipinski definition) is 3. The van der Waals surface area contributed by atoms with Crippen molar-refractivity contribution in [2.75, 3.05) is 0 Å². The maximum Gasteiger partial charge on any atom is 0.332 e. The highest BCUT2D eigenvalue weighted by Crippen LogP contribution is 2.06. The van der Waals surface area contributed by atoms with Gasteiger partial charge in [0.15, 0.2) is 6.10 Å². The molecule has 0 saturated heterocycles. The Labute approximate surface area is 82.5 Å². The molecular weight excluding hydrogens is 182 g/mol. The molecule has 0 aliphatic carbocycles. The first-order valence-electron chi connectivity index (χ1n) is 4.36. The van der Waals surface area contributed by atoms with Crippen molar-refractivity contribution in [1.82, 2.24) is 4.98 Å². The summed E-state index contributed by atoms with van der Waals surface area (Å²) in [4.78, 5) is 14.6. The van der Waals surface area contributed by atoms with E-state index >= 15 is 0 Å². The van der Waals surface area contributed by atoms with Gasteiger partial charge >= 0.3 is 5.97 Å². The van der Waals surface area contributed by atoms with Crippen molar-refractivity contribution in [1.29, 1.82) is 0 Å². The van der Waals surface area contributed by atoms with E-state index in [1.165, 1.54) is 6.92 Å². The molecule has 76 valence electrons. The Balaban J connectivity index is 2.54. The van der Waals surface area contributed by atoms with E-state index in [2.05, 4.69) is 4.98 Å². The summed E-state index contributed by atoms with van der Waals surface area (Å²) in [7, 11) is 0. The number of rotatable bonds is 4. The number of hydrogen-bond donors (Lipinski definition) is 1. The minimum absolute atomic E-state index is 0.236. The van der Waals surface area contributed by atoms with E-state index < -0.39 is 12.1 Å². The number of nitrogens with zero attached hydrogens (tertiary/aromatic N) is 1. The number of aryl methyl sites for hydroxylation is 1. The molecule has 1 heterocycles. The summed E-state index contributed by atoms with van der Waals surface area (Å²) in [5, 5.41) is 8.58. The Morgan fingerprint density at radius 2 is 2.43 bits per heavy atom. The Kier molecular flexibility index (Phi) is 3.59. The van der Waals surface area contributed by atoms with Crippen LogP contribution < -0.4 is 0 Å². The zero-order valence-electron chi connectivity index (χ0n) is 8.23. The van der Waals surface area contributed by atoms with E-state index in [-0.39, 0.29) is 6.61 Å². The molecule has 0 radical (unpaired) electrons. The van der Waals surface area contributed by atoms with Crippen LogP contribution in [0.3, 0.4) is 0 Å². The molecule has 0 spiro atoms. The fourth-order valence-electron chi connectivity index (χ4n) is 0.945. The molecule has 4 nitrogen and oxygen atoms in total. The molecule has 0 aliphatic rings. The van der Waals surface area contributed by atoms with Gasteiger partial charge in [-0.15, -0.1) is 0 Å². The summed E-state index contributed by atoms with van der Waals surface area (Å²) < 4.78 is 5.11. The number of ether oxygens (including phenoxy) is 1. The van der Waals surface area contributed by atoms with Crippen LogP contribution >= 0.6 is 0 Å². The van der Waals surface area contributed by atoms with Gasteiger partial charge < -0.3 is 9.84 Å². The van der Waals surface area contributed by atoms with Crippen molar-refractivity contribution < 1.29 is 14.6 Å². The predicted octanol–water partition coefficient (Wildman–Crippen LogP) is 1.38. The van der Waals surface area contributed by atoms with Crippen molar-refractivity contribution >= 4 is 5.97 Å². The van der Waals surface area contributed by atoms with Crippen LogP contribution in [0.25, 0.3) is 0 Å². The number of carbonyl (C=O) groups is 1. The smallest absolute Gasteiger partial charge is 0.332 e. The molecule has 1 atom stereocenters. The summed E-state index contributed by atoms with van der Waals surface area (Å²) in [5.74, 6) is -0.960. The van der Waals surface area contributed by atoms with Crippen molar-refractivity contribution in [2.24, 2.45) is 0 Å². The lowest BCUT2D eigenvalue weighted by atomic mass is 10.2. The van der Waals surface area contributed by atoms with Crippen LogP contribution in [0, 0.1) is 6.92 Å². The number of aromatic nitrogens is 1. The molecule has 1 rings (SSSR count). The fraction of sp³-hybridized carbons (Fsp3) is 0.400. The Morgan fingerprint density at radius 3 is 3.00 bits per heavy atom. The second-order valence-electron chi connectivity index (χ2n) is 3.06. The van der Waals surface area contributed by atoms with Crippen LogP contribution in [-0.4, -0.2) is 22.2 Å². The summed E-state index contributed by atoms with van der Waals surface area (Å²) in [6.45, 7) is 3.65. The maximum atomic E-state index is 10.5. The number of pyridine rings is 1. The van der Waals surface area contributed by atoms with Gasteiger partial charge in [0.1, 0.15) is 0 Å². The zero-order valence-corrected chi connectivity index (χ0v) is 8.23. The summed E-state index contributed by atoms with van der Waals surface area (Å²) in [5.41, 5.74) is 1.78. The predicted molar refractivity (Wildman–Crippen MR) is 50.9 cm³/mol. The van der Waals surface area contributed by atoms with Crippen LogP contribution in [-0.2, 0) is 16.1 Å². The molecule has 0 bridgehead atoms. The van der Waals surface area contributed by atoms with Crippen LogP contribution in [0.4, 0.5) is 0 Å². The molecule has 0 fully saturated rings. The molecule has 0 saturated carbocycles. The van der Waals surface area contributed by atoms with Gasteiger partial charge in [0.2, 0.25) is 0 Å². The van der Waals surface area contributed by atoms with Gasteiger partial charge in [-0.05, 0) is 25.5 Å². The van der Waals surface area contributed by atoms with E-state index in [0.29, 0.717) is 0 Å². The topological polar surface area (TPSA) is 59.4 Å². The highest BCUT2D eigenvalue weighted by atomic mass is 16.5. The van der Waals surface area contributed by atoms with Crippen LogP contribution in [0.2, 0.25) is 0 Å². The molecule has 1 aromatic heterocycles. The Bertz CT molecular complexity index is 325. The lowest BCUT2D eigenvalue weighted by molar-refractivity contribution is -0.149. The van der Waals surface area contributed by atoms with E-state index in [1.54, 1.807) is 6.20 Å². The van der Waals surface area contributed by atoms with Crippen molar-refractivity contribution in [3.05, 3.63) is 29.6 Å². The SMILES string of the molecule is Cc1cccnc1CO[C@H](C)C(=O)O. The molecule has 0 aromatic carbocycles. The first-order chi connectivity index (χ1) is 6.61. The number of carboxylic acid groups (broad SMARTS) is 1. The van der Waals surface area contributed by atoms with Gasteiger partial charge in [-0.2, -0.15) is 0 Å². The van der Waals surface area contributed by atoms with E-state index in [4.69, 9.17) is 9.84 Å². The van der Waals surface area contributed by atoms with Gasteiger partial charge in [0.05, 0.1) is 12.3 Å².